The maximum atomic E-state index is 13.7. The molecule has 0 spiro atoms. The van der Waals surface area contributed by atoms with Gasteiger partial charge in [-0.1, -0.05) is 5.16 Å². The molecule has 2 rings (SSSR count). The van der Waals surface area contributed by atoms with E-state index in [2.05, 4.69) is 5.16 Å². The summed E-state index contributed by atoms with van der Waals surface area (Å²) in [6, 6.07) is 5.97. The highest BCUT2D eigenvalue weighted by Crippen LogP contribution is 2.27. The Hall–Kier alpha value is -3.34. The lowest BCUT2D eigenvalue weighted by Crippen LogP contribution is -2.35. The summed E-state index contributed by atoms with van der Waals surface area (Å²) >= 11 is 0. The summed E-state index contributed by atoms with van der Waals surface area (Å²) in [4.78, 5) is 5.31. The Labute approximate surface area is 143 Å². The van der Waals surface area contributed by atoms with Gasteiger partial charge >= 0.3 is 0 Å². The number of halogens is 1. The first-order chi connectivity index (χ1) is 11.6. The van der Waals surface area contributed by atoms with E-state index < -0.39 is 22.9 Å². The molecule has 0 amide bonds. The molecular formula is C17H16FN3O4. The van der Waals surface area contributed by atoms with Crippen LogP contribution in [-0.4, -0.2) is 21.5 Å². The molecule has 1 heterocycles. The molecule has 7 nitrogen and oxygen atoms in total. The van der Waals surface area contributed by atoms with E-state index in [4.69, 9.17) is 10.1 Å². The lowest BCUT2D eigenvalue weighted by atomic mass is 10.0. The molecule has 1 aromatic heterocycles. The SMILES string of the molecule is CC(C)(C)ON=C(c1cc(C#N)c(F)cc1O)c1c(O)ccc[n+]1[O-]. The number of aromatic nitrogens is 1. The van der Waals surface area contributed by atoms with E-state index in [0.717, 1.165) is 18.3 Å². The third-order valence-corrected chi connectivity index (χ3v) is 3.03. The molecule has 0 saturated carbocycles. The van der Waals surface area contributed by atoms with Gasteiger partial charge in [-0.25, -0.2) is 4.39 Å². The molecule has 25 heavy (non-hydrogen) atoms. The predicted molar refractivity (Wildman–Crippen MR) is 86.3 cm³/mol. The smallest absolute Gasteiger partial charge is 0.288 e. The zero-order valence-electron chi connectivity index (χ0n) is 13.8. The molecule has 1 aromatic carbocycles. The van der Waals surface area contributed by atoms with E-state index in [1.54, 1.807) is 26.8 Å². The largest absolute Gasteiger partial charge is 0.618 e. The van der Waals surface area contributed by atoms with E-state index in [0.29, 0.717) is 4.73 Å². The van der Waals surface area contributed by atoms with Crippen LogP contribution < -0.4 is 4.73 Å². The van der Waals surface area contributed by atoms with Crippen LogP contribution in [0, 0.1) is 22.4 Å². The number of hydrogen-bond acceptors (Lipinski definition) is 6. The highest BCUT2D eigenvalue weighted by atomic mass is 19.1. The van der Waals surface area contributed by atoms with E-state index in [1.807, 2.05) is 0 Å². The predicted octanol–water partition coefficient (Wildman–Crippen LogP) is 2.31. The van der Waals surface area contributed by atoms with Crippen molar-refractivity contribution in [3.63, 3.8) is 0 Å². The van der Waals surface area contributed by atoms with Gasteiger partial charge in [0.1, 0.15) is 23.2 Å². The molecule has 0 atom stereocenters. The molecule has 130 valence electrons. The zero-order chi connectivity index (χ0) is 18.8. The Bertz CT molecular complexity index is 862. The van der Waals surface area contributed by atoms with Crippen LogP contribution in [0.5, 0.6) is 11.5 Å². The van der Waals surface area contributed by atoms with Crippen molar-refractivity contribution >= 4 is 5.71 Å². The summed E-state index contributed by atoms with van der Waals surface area (Å²) in [5.74, 6) is -1.90. The van der Waals surface area contributed by atoms with Gasteiger partial charge in [0.15, 0.2) is 17.7 Å². The standard InChI is InChI=1S/C17H16FN3O4/c1-17(2,3)25-20-15(16-13(22)5-4-6-21(16)24)11-7-10(9-19)12(18)8-14(11)23/h4-8,22-23H,1-3H3. The molecule has 0 radical (unpaired) electrons. The van der Waals surface area contributed by atoms with Crippen LogP contribution in [0.25, 0.3) is 0 Å². The number of nitrogens with zero attached hydrogens (tertiary/aromatic N) is 3. The van der Waals surface area contributed by atoms with Crippen LogP contribution in [0.4, 0.5) is 4.39 Å². The van der Waals surface area contributed by atoms with E-state index in [-0.39, 0.29) is 22.5 Å². The first-order valence-corrected chi connectivity index (χ1v) is 7.24. The van der Waals surface area contributed by atoms with Gasteiger partial charge in [0, 0.05) is 12.1 Å². The number of rotatable bonds is 3. The molecular weight excluding hydrogens is 329 g/mol. The number of phenolic OH excluding ortho intramolecular Hbond substituents is 1. The quantitative estimate of drug-likeness (QED) is 0.384. The summed E-state index contributed by atoms with van der Waals surface area (Å²) in [5, 5.41) is 45.1. The van der Waals surface area contributed by atoms with Crippen molar-refractivity contribution in [3.05, 3.63) is 58.3 Å². The fraction of sp³-hybridized carbons (Fsp3) is 0.235. The summed E-state index contributed by atoms with van der Waals surface area (Å²) < 4.78 is 14.0. The summed E-state index contributed by atoms with van der Waals surface area (Å²) in [6.45, 7) is 5.11. The van der Waals surface area contributed by atoms with E-state index in [1.165, 1.54) is 12.1 Å². The summed E-state index contributed by atoms with van der Waals surface area (Å²) in [5.41, 5.74) is -1.77. The molecule has 2 N–H and O–H groups in total. The second kappa shape index (κ2) is 6.65. The number of nitriles is 1. The first kappa shape index (κ1) is 18.0. The van der Waals surface area contributed by atoms with Crippen molar-refractivity contribution in [2.75, 3.05) is 0 Å². The van der Waals surface area contributed by atoms with Crippen molar-refractivity contribution < 1.29 is 24.2 Å². The minimum absolute atomic E-state index is 0.131. The molecule has 0 aliphatic carbocycles. The van der Waals surface area contributed by atoms with Crippen LogP contribution in [0.3, 0.4) is 0 Å². The van der Waals surface area contributed by atoms with Crippen molar-refractivity contribution in [2.45, 2.75) is 26.4 Å². The van der Waals surface area contributed by atoms with E-state index >= 15 is 0 Å². The van der Waals surface area contributed by atoms with Crippen molar-refractivity contribution in [3.8, 4) is 17.6 Å². The molecule has 0 saturated heterocycles. The molecule has 0 unspecified atom stereocenters. The van der Waals surface area contributed by atoms with Crippen LogP contribution >= 0.6 is 0 Å². The second-order valence-electron chi connectivity index (χ2n) is 6.17. The number of oxime groups is 1. The molecule has 0 fully saturated rings. The molecule has 2 aromatic rings. The molecule has 0 aliphatic heterocycles. The van der Waals surface area contributed by atoms with Gasteiger partial charge in [-0.05, 0) is 32.9 Å². The average Bonchev–Trinajstić information content (AvgIpc) is 2.50. The van der Waals surface area contributed by atoms with Gasteiger partial charge in [0.05, 0.1) is 11.1 Å². The highest BCUT2D eigenvalue weighted by molar-refractivity contribution is 6.13. The maximum Gasteiger partial charge on any atom is 0.288 e. The monoisotopic (exact) mass is 345 g/mol. The van der Waals surface area contributed by atoms with E-state index in [9.17, 15) is 19.8 Å². The number of phenols is 1. The fourth-order valence-electron chi connectivity index (χ4n) is 1.95. The Morgan fingerprint density at radius 2 is 2.00 bits per heavy atom. The lowest BCUT2D eigenvalue weighted by molar-refractivity contribution is -0.607. The first-order valence-electron chi connectivity index (χ1n) is 7.24. The molecule has 0 bridgehead atoms. The Morgan fingerprint density at radius 1 is 1.32 bits per heavy atom. The van der Waals surface area contributed by atoms with Crippen LogP contribution in [0.15, 0.2) is 35.6 Å². The molecule has 0 aliphatic rings. The van der Waals surface area contributed by atoms with Gasteiger partial charge in [-0.3, -0.25) is 0 Å². The summed E-state index contributed by atoms with van der Waals surface area (Å²) in [7, 11) is 0. The van der Waals surface area contributed by atoms with Crippen LogP contribution in [0.1, 0.15) is 37.6 Å². The maximum absolute atomic E-state index is 13.7. The Balaban J connectivity index is 2.76. The number of hydrogen-bond donors (Lipinski definition) is 2. The van der Waals surface area contributed by atoms with Gasteiger partial charge < -0.3 is 20.3 Å². The minimum atomic E-state index is -0.924. The fourth-order valence-corrected chi connectivity index (χ4v) is 1.95. The van der Waals surface area contributed by atoms with Crippen LogP contribution in [-0.2, 0) is 4.84 Å². The Kier molecular flexibility index (Phi) is 4.79. The van der Waals surface area contributed by atoms with Gasteiger partial charge in [-0.15, -0.1) is 0 Å². The third kappa shape index (κ3) is 3.95. The number of pyridine rings is 1. The van der Waals surface area contributed by atoms with Crippen molar-refractivity contribution in [1.82, 2.24) is 0 Å². The number of benzene rings is 1. The highest BCUT2D eigenvalue weighted by Gasteiger charge is 2.27. The van der Waals surface area contributed by atoms with Crippen LogP contribution in [0.2, 0.25) is 0 Å². The normalized spacial score (nSPS) is 11.9. The molecule has 8 heteroatoms. The third-order valence-electron chi connectivity index (χ3n) is 3.03. The van der Waals surface area contributed by atoms with Crippen molar-refractivity contribution in [2.24, 2.45) is 5.16 Å². The lowest BCUT2D eigenvalue weighted by Gasteiger charge is -2.17. The minimum Gasteiger partial charge on any atom is -0.618 e. The zero-order valence-corrected chi connectivity index (χ0v) is 13.8. The second-order valence-corrected chi connectivity index (χ2v) is 6.17. The summed E-state index contributed by atoms with van der Waals surface area (Å²) in [6.07, 6.45) is 1.12. The van der Waals surface area contributed by atoms with Gasteiger partial charge in [0.2, 0.25) is 0 Å². The van der Waals surface area contributed by atoms with Crippen molar-refractivity contribution in [1.29, 1.82) is 5.26 Å². The van der Waals surface area contributed by atoms with Gasteiger partial charge in [0.25, 0.3) is 5.69 Å². The number of aromatic hydroxyl groups is 2. The Morgan fingerprint density at radius 3 is 2.56 bits per heavy atom. The van der Waals surface area contributed by atoms with Gasteiger partial charge in [-0.2, -0.15) is 9.99 Å². The topological polar surface area (TPSA) is 113 Å². The average molecular weight is 345 g/mol.